The minimum absolute atomic E-state index is 0.223. The van der Waals surface area contributed by atoms with Crippen LogP contribution < -0.4 is 9.30 Å². The van der Waals surface area contributed by atoms with Crippen molar-refractivity contribution in [2.24, 2.45) is 0 Å². The quantitative estimate of drug-likeness (QED) is 0.359. The highest BCUT2D eigenvalue weighted by molar-refractivity contribution is 7.99. The van der Waals surface area contributed by atoms with Crippen molar-refractivity contribution in [1.82, 2.24) is 0 Å². The van der Waals surface area contributed by atoms with E-state index in [4.69, 9.17) is 4.74 Å². The Morgan fingerprint density at radius 2 is 1.30 bits per heavy atom. The summed E-state index contributed by atoms with van der Waals surface area (Å²) in [6.45, 7) is 16.5. The van der Waals surface area contributed by atoms with E-state index in [-0.39, 0.29) is 5.04 Å². The molecule has 0 radical (unpaired) electrons. The zero-order valence-electron chi connectivity index (χ0n) is 17.6. The Balaban J connectivity index is 2.28. The topological polar surface area (TPSA) is 12.5 Å². The van der Waals surface area contributed by atoms with Crippen LogP contribution in [-0.4, -0.2) is 19.7 Å². The van der Waals surface area contributed by atoms with E-state index in [1.165, 1.54) is 21.2 Å². The highest BCUT2D eigenvalue weighted by Gasteiger charge is 2.46. The van der Waals surface area contributed by atoms with Crippen molar-refractivity contribution in [3.05, 3.63) is 36.4 Å². The average molecular weight is 418 g/mol. The third kappa shape index (κ3) is 3.66. The van der Waals surface area contributed by atoms with Crippen LogP contribution in [-0.2, 0) is 0 Å². The molecule has 2 aromatic rings. The number of ether oxygens (including phenoxy) is 1. The number of hydrogen-bond donors (Lipinski definition) is 0. The summed E-state index contributed by atoms with van der Waals surface area (Å²) < 4.78 is 9.26. The largest absolute Gasteiger partial charge is 0.451 e. The number of nitrogens with zero attached hydrogens (tertiary/aromatic N) is 1. The Morgan fingerprint density at radius 3 is 1.67 bits per heavy atom. The second-order valence-electron chi connectivity index (χ2n) is 8.32. The Labute approximate surface area is 174 Å². The summed E-state index contributed by atoms with van der Waals surface area (Å²) in [6.07, 6.45) is 0. The molecule has 0 aromatic heterocycles. The molecule has 3 rings (SSSR count). The fraction of sp³-hybridized carbons (Fsp3) is 0.455. The Kier molecular flexibility index (Phi) is 5.95. The van der Waals surface area contributed by atoms with Gasteiger partial charge in [-0.05, 0) is 40.8 Å². The van der Waals surface area contributed by atoms with E-state index in [2.05, 4.69) is 88.7 Å². The zero-order valence-corrected chi connectivity index (χ0v) is 20.2. The van der Waals surface area contributed by atoms with Gasteiger partial charge in [0.2, 0.25) is 0 Å². The lowest BCUT2D eigenvalue weighted by Crippen LogP contribution is -2.53. The minimum Gasteiger partial charge on any atom is -0.451 e. The molecule has 0 amide bonds. The van der Waals surface area contributed by atoms with Gasteiger partial charge in [0.25, 0.3) is 0 Å². The van der Waals surface area contributed by atoms with Gasteiger partial charge in [0, 0.05) is 0 Å². The maximum absolute atomic E-state index is 6.62. The molecule has 1 aliphatic heterocycles. The molecule has 27 heavy (non-hydrogen) atoms. The lowest BCUT2D eigenvalue weighted by Gasteiger charge is -2.49. The standard InChI is InChI=1S/C22H31NOS2Si/c1-8-25-18-14-10-12-16-20(18)24-21-17(13-11-15-19(21)26-9-2)23(16)27(6,7)22(3,4)5/h10-15H,8-9H2,1-7H3. The van der Waals surface area contributed by atoms with E-state index in [0.29, 0.717) is 0 Å². The van der Waals surface area contributed by atoms with Gasteiger partial charge in [-0.2, -0.15) is 0 Å². The number of fused-ring (bicyclic) bond motifs is 2. The van der Waals surface area contributed by atoms with Crippen molar-refractivity contribution in [2.75, 3.05) is 16.1 Å². The van der Waals surface area contributed by atoms with Crippen LogP contribution in [0.5, 0.6) is 11.5 Å². The first-order valence-corrected chi connectivity index (χ1v) is 14.6. The van der Waals surface area contributed by atoms with Gasteiger partial charge in [-0.25, -0.2) is 0 Å². The van der Waals surface area contributed by atoms with Gasteiger partial charge in [0.1, 0.15) is 0 Å². The van der Waals surface area contributed by atoms with E-state index in [0.717, 1.165) is 23.0 Å². The van der Waals surface area contributed by atoms with Gasteiger partial charge in [0.15, 0.2) is 19.7 Å². The summed E-state index contributed by atoms with van der Waals surface area (Å²) in [5.74, 6) is 4.15. The van der Waals surface area contributed by atoms with Crippen LogP contribution in [0.3, 0.4) is 0 Å². The molecular formula is C22H31NOS2Si. The molecule has 1 heterocycles. The molecule has 0 saturated carbocycles. The van der Waals surface area contributed by atoms with Crippen LogP contribution in [0.2, 0.25) is 18.1 Å². The minimum atomic E-state index is -1.86. The normalized spacial score (nSPS) is 13.8. The van der Waals surface area contributed by atoms with E-state index in [1.54, 1.807) is 0 Å². The fourth-order valence-electron chi connectivity index (χ4n) is 3.27. The molecule has 0 aliphatic carbocycles. The molecule has 0 atom stereocenters. The van der Waals surface area contributed by atoms with Gasteiger partial charge >= 0.3 is 0 Å². The maximum atomic E-state index is 6.62. The monoisotopic (exact) mass is 417 g/mol. The van der Waals surface area contributed by atoms with Crippen molar-refractivity contribution in [3.8, 4) is 11.5 Å². The van der Waals surface area contributed by atoms with E-state index in [9.17, 15) is 0 Å². The molecule has 2 nitrogen and oxygen atoms in total. The molecule has 5 heteroatoms. The van der Waals surface area contributed by atoms with Crippen LogP contribution >= 0.6 is 23.5 Å². The zero-order chi connectivity index (χ0) is 19.8. The van der Waals surface area contributed by atoms with Crippen LogP contribution in [0, 0.1) is 0 Å². The molecule has 1 aliphatic rings. The predicted molar refractivity (Wildman–Crippen MR) is 125 cm³/mol. The summed E-state index contributed by atoms with van der Waals surface area (Å²) in [4.78, 5) is 2.47. The van der Waals surface area contributed by atoms with E-state index < -0.39 is 8.24 Å². The first kappa shape index (κ1) is 20.7. The SMILES string of the molecule is CCSc1cccc2c1Oc1c(SCC)cccc1N2[Si](C)(C)C(C)(C)C. The van der Waals surface area contributed by atoms with Crippen molar-refractivity contribution in [3.63, 3.8) is 0 Å². The van der Waals surface area contributed by atoms with E-state index in [1.807, 2.05) is 23.5 Å². The smallest absolute Gasteiger partial charge is 0.163 e. The van der Waals surface area contributed by atoms with Gasteiger partial charge in [-0.15, -0.1) is 23.5 Å². The summed E-state index contributed by atoms with van der Waals surface area (Å²) >= 11 is 3.72. The van der Waals surface area contributed by atoms with Crippen LogP contribution in [0.1, 0.15) is 34.6 Å². The Morgan fingerprint density at radius 1 is 0.852 bits per heavy atom. The van der Waals surface area contributed by atoms with Crippen molar-refractivity contribution < 1.29 is 4.74 Å². The fourth-order valence-corrected chi connectivity index (χ4v) is 7.03. The van der Waals surface area contributed by atoms with Gasteiger partial charge < -0.3 is 9.30 Å². The van der Waals surface area contributed by atoms with Crippen molar-refractivity contribution in [1.29, 1.82) is 0 Å². The van der Waals surface area contributed by atoms with Gasteiger partial charge in [0.05, 0.1) is 21.2 Å². The molecule has 0 N–H and O–H groups in total. The third-order valence-electron chi connectivity index (χ3n) is 5.60. The summed E-state index contributed by atoms with van der Waals surface area (Å²) in [7, 11) is -1.86. The first-order valence-electron chi connectivity index (χ1n) is 9.72. The van der Waals surface area contributed by atoms with Crippen molar-refractivity contribution in [2.45, 2.75) is 62.5 Å². The molecule has 2 aromatic carbocycles. The molecule has 0 spiro atoms. The average Bonchev–Trinajstić information content (AvgIpc) is 2.60. The number of rotatable bonds is 5. The molecule has 0 saturated heterocycles. The molecule has 0 unspecified atom stereocenters. The second kappa shape index (κ2) is 7.76. The van der Waals surface area contributed by atoms with Crippen LogP contribution in [0.15, 0.2) is 46.2 Å². The van der Waals surface area contributed by atoms with Gasteiger partial charge in [-0.1, -0.05) is 59.8 Å². The molecule has 0 fully saturated rings. The number of thioether (sulfide) groups is 2. The van der Waals surface area contributed by atoms with E-state index >= 15 is 0 Å². The summed E-state index contributed by atoms with van der Waals surface area (Å²) in [5, 5.41) is 0.223. The highest BCUT2D eigenvalue weighted by Crippen LogP contribution is 2.57. The third-order valence-corrected chi connectivity index (χ3v) is 12.7. The first-order chi connectivity index (χ1) is 12.7. The lowest BCUT2D eigenvalue weighted by atomic mass is 10.2. The highest BCUT2D eigenvalue weighted by atomic mass is 32.2. The maximum Gasteiger partial charge on any atom is 0.163 e. The number of hydrogen-bond acceptors (Lipinski definition) is 4. The van der Waals surface area contributed by atoms with Crippen molar-refractivity contribution >= 4 is 43.1 Å². The Hall–Kier alpha value is -1.04. The van der Waals surface area contributed by atoms with Crippen LogP contribution in [0.25, 0.3) is 0 Å². The lowest BCUT2D eigenvalue weighted by molar-refractivity contribution is 0.454. The number of para-hydroxylation sites is 2. The van der Waals surface area contributed by atoms with Gasteiger partial charge in [-0.3, -0.25) is 0 Å². The molecule has 146 valence electrons. The van der Waals surface area contributed by atoms with Crippen LogP contribution in [0.4, 0.5) is 11.4 Å². The second-order valence-corrected chi connectivity index (χ2v) is 16.0. The predicted octanol–water partition coefficient (Wildman–Crippen LogP) is 8.16. The summed E-state index contributed by atoms with van der Waals surface area (Å²) in [6, 6.07) is 13.2. The number of benzene rings is 2. The molecular weight excluding hydrogens is 386 g/mol. The molecule has 0 bridgehead atoms. The summed E-state index contributed by atoms with van der Waals surface area (Å²) in [5.41, 5.74) is 2.46. The Bertz CT molecular complexity index is 774. The number of anilines is 2.